The van der Waals surface area contributed by atoms with Gasteiger partial charge in [-0.1, -0.05) is 11.6 Å². The molecule has 0 spiro atoms. The largest absolute Gasteiger partial charge is 0.398 e. The van der Waals surface area contributed by atoms with E-state index in [1.807, 2.05) is 0 Å². The highest BCUT2D eigenvalue weighted by Gasteiger charge is 2.20. The molecule has 0 bridgehead atoms. The van der Waals surface area contributed by atoms with E-state index in [0.29, 0.717) is 33.6 Å². The summed E-state index contributed by atoms with van der Waals surface area (Å²) in [5.41, 5.74) is 9.88. The molecule has 1 heterocycles. The van der Waals surface area contributed by atoms with E-state index in [-0.39, 0.29) is 5.91 Å². The molecule has 8 nitrogen and oxygen atoms in total. The van der Waals surface area contributed by atoms with Crippen molar-refractivity contribution in [3.05, 3.63) is 28.8 Å². The molecule has 0 aliphatic heterocycles. The van der Waals surface area contributed by atoms with Gasteiger partial charge in [0.1, 0.15) is 5.69 Å². The van der Waals surface area contributed by atoms with Crippen molar-refractivity contribution in [3.63, 3.8) is 0 Å². The summed E-state index contributed by atoms with van der Waals surface area (Å²) in [6, 6.07) is 4.72. The third-order valence-corrected chi connectivity index (χ3v) is 3.30. The number of carbonyl (C=O) groups is 1. The zero-order valence-electron chi connectivity index (χ0n) is 12.5. The lowest BCUT2D eigenvalue weighted by molar-refractivity contribution is 0.102. The SMILES string of the molecule is CNc1nn(NC)c(NC)c1NC(=O)c1ccc(Cl)cc1N. The first kappa shape index (κ1) is 15.8. The molecule has 0 saturated heterocycles. The van der Waals surface area contributed by atoms with Crippen LogP contribution in [-0.2, 0) is 0 Å². The van der Waals surface area contributed by atoms with Crippen LogP contribution in [0.15, 0.2) is 18.2 Å². The number of hydrogen-bond donors (Lipinski definition) is 5. The predicted octanol–water partition coefficient (Wildman–Crippen LogP) is 1.63. The number of nitrogens with two attached hydrogens (primary N) is 1. The molecule has 0 aliphatic carbocycles. The summed E-state index contributed by atoms with van der Waals surface area (Å²) < 4.78 is 0. The van der Waals surface area contributed by atoms with E-state index >= 15 is 0 Å². The van der Waals surface area contributed by atoms with Gasteiger partial charge in [0.2, 0.25) is 0 Å². The lowest BCUT2D eigenvalue weighted by atomic mass is 10.1. The Balaban J connectivity index is 2.37. The van der Waals surface area contributed by atoms with Gasteiger partial charge in [-0.05, 0) is 18.2 Å². The lowest BCUT2D eigenvalue weighted by Crippen LogP contribution is -2.17. The first-order chi connectivity index (χ1) is 10.5. The molecule has 1 amide bonds. The predicted molar refractivity (Wildman–Crippen MR) is 90.4 cm³/mol. The van der Waals surface area contributed by atoms with Crippen molar-refractivity contribution in [2.45, 2.75) is 0 Å². The number of carbonyl (C=O) groups excluding carboxylic acids is 1. The van der Waals surface area contributed by atoms with Gasteiger partial charge >= 0.3 is 0 Å². The smallest absolute Gasteiger partial charge is 0.257 e. The number of halogens is 1. The minimum Gasteiger partial charge on any atom is -0.398 e. The minimum absolute atomic E-state index is 0.308. The van der Waals surface area contributed by atoms with Gasteiger partial charge in [0.25, 0.3) is 5.91 Å². The first-order valence-electron chi connectivity index (χ1n) is 6.54. The highest BCUT2D eigenvalue weighted by molar-refractivity contribution is 6.31. The monoisotopic (exact) mass is 323 g/mol. The maximum atomic E-state index is 12.4. The standard InChI is InChI=1S/C13H18ClN7O/c1-16-11-10(12(17-2)21(18-3)20-11)19-13(22)8-5-4-7(14)6-9(8)15/h4-6,17-18H,15H2,1-3H3,(H,16,20)(H,19,22). The maximum absolute atomic E-state index is 12.4. The van der Waals surface area contributed by atoms with Crippen LogP contribution in [0.1, 0.15) is 10.4 Å². The van der Waals surface area contributed by atoms with Crippen molar-refractivity contribution < 1.29 is 4.79 Å². The fourth-order valence-corrected chi connectivity index (χ4v) is 2.21. The van der Waals surface area contributed by atoms with E-state index in [4.69, 9.17) is 17.3 Å². The molecule has 6 N–H and O–H groups in total. The fraction of sp³-hybridized carbons (Fsp3) is 0.231. The molecule has 9 heteroatoms. The van der Waals surface area contributed by atoms with E-state index in [0.717, 1.165) is 0 Å². The number of nitrogens with zero attached hydrogens (tertiary/aromatic N) is 2. The van der Waals surface area contributed by atoms with Crippen LogP contribution in [0.2, 0.25) is 5.02 Å². The second-order valence-electron chi connectivity index (χ2n) is 4.39. The zero-order valence-corrected chi connectivity index (χ0v) is 13.2. The number of aromatic nitrogens is 2. The second-order valence-corrected chi connectivity index (χ2v) is 4.83. The Bertz CT molecular complexity index is 698. The molecule has 1 aromatic carbocycles. The summed E-state index contributed by atoms with van der Waals surface area (Å²) in [5, 5.41) is 13.5. The molecule has 22 heavy (non-hydrogen) atoms. The molecule has 0 unspecified atom stereocenters. The second kappa shape index (κ2) is 6.44. The van der Waals surface area contributed by atoms with Crippen LogP contribution in [0.25, 0.3) is 0 Å². The Morgan fingerprint density at radius 3 is 2.55 bits per heavy atom. The summed E-state index contributed by atoms with van der Waals surface area (Å²) in [7, 11) is 5.17. The first-order valence-corrected chi connectivity index (χ1v) is 6.92. The number of anilines is 4. The van der Waals surface area contributed by atoms with Crippen molar-refractivity contribution in [3.8, 4) is 0 Å². The highest BCUT2D eigenvalue weighted by atomic mass is 35.5. The maximum Gasteiger partial charge on any atom is 0.257 e. The molecule has 0 aliphatic rings. The topological polar surface area (TPSA) is 109 Å². The highest BCUT2D eigenvalue weighted by Crippen LogP contribution is 2.30. The van der Waals surface area contributed by atoms with Crippen molar-refractivity contribution in [2.75, 3.05) is 48.3 Å². The minimum atomic E-state index is -0.349. The molecule has 1 aromatic heterocycles. The van der Waals surface area contributed by atoms with Crippen molar-refractivity contribution in [1.29, 1.82) is 0 Å². The van der Waals surface area contributed by atoms with Crippen LogP contribution in [0, 0.1) is 0 Å². The van der Waals surface area contributed by atoms with Crippen molar-refractivity contribution in [2.24, 2.45) is 0 Å². The van der Waals surface area contributed by atoms with Gasteiger partial charge < -0.3 is 27.1 Å². The number of benzene rings is 1. The molecule has 0 atom stereocenters. The summed E-state index contributed by atoms with van der Waals surface area (Å²) in [6.45, 7) is 0. The summed E-state index contributed by atoms with van der Waals surface area (Å²) in [4.78, 5) is 13.9. The van der Waals surface area contributed by atoms with Gasteiger partial charge in [-0.15, -0.1) is 5.10 Å². The molecule has 0 saturated carbocycles. The third kappa shape index (κ3) is 2.86. The van der Waals surface area contributed by atoms with Crippen LogP contribution in [0.5, 0.6) is 0 Å². The number of amides is 1. The van der Waals surface area contributed by atoms with Crippen molar-refractivity contribution >= 4 is 40.5 Å². The van der Waals surface area contributed by atoms with E-state index in [1.54, 1.807) is 33.3 Å². The average molecular weight is 324 g/mol. The summed E-state index contributed by atoms with van der Waals surface area (Å²) in [5.74, 6) is 0.769. The molecule has 0 fully saturated rings. The van der Waals surface area contributed by atoms with E-state index in [1.165, 1.54) is 10.9 Å². The van der Waals surface area contributed by atoms with Crippen LogP contribution >= 0.6 is 11.6 Å². The normalized spacial score (nSPS) is 10.2. The van der Waals surface area contributed by atoms with E-state index < -0.39 is 0 Å². The summed E-state index contributed by atoms with van der Waals surface area (Å²) >= 11 is 5.85. The van der Waals surface area contributed by atoms with Gasteiger partial charge in [0, 0.05) is 31.9 Å². The third-order valence-electron chi connectivity index (χ3n) is 3.07. The van der Waals surface area contributed by atoms with Crippen LogP contribution < -0.4 is 27.1 Å². The Morgan fingerprint density at radius 1 is 1.27 bits per heavy atom. The Hall–Kier alpha value is -2.61. The van der Waals surface area contributed by atoms with Gasteiger partial charge in [-0.2, -0.15) is 4.79 Å². The zero-order chi connectivity index (χ0) is 16.3. The average Bonchev–Trinajstić information content (AvgIpc) is 2.83. The van der Waals surface area contributed by atoms with Crippen LogP contribution in [0.3, 0.4) is 0 Å². The Labute approximate surface area is 133 Å². The van der Waals surface area contributed by atoms with Crippen molar-refractivity contribution in [1.82, 2.24) is 9.89 Å². The quantitative estimate of drug-likeness (QED) is 0.535. The van der Waals surface area contributed by atoms with Crippen LogP contribution in [-0.4, -0.2) is 36.9 Å². The van der Waals surface area contributed by atoms with Crippen LogP contribution in [0.4, 0.5) is 23.0 Å². The number of nitrogen functional groups attached to an aromatic ring is 1. The van der Waals surface area contributed by atoms with Gasteiger partial charge in [0.05, 0.1) is 5.56 Å². The van der Waals surface area contributed by atoms with Gasteiger partial charge in [-0.25, -0.2) is 0 Å². The molecular formula is C13H18ClN7O. The molecule has 2 rings (SSSR count). The number of nitrogens with one attached hydrogen (secondary N) is 4. The molecule has 118 valence electrons. The molecule has 0 radical (unpaired) electrons. The number of hydrogen-bond acceptors (Lipinski definition) is 6. The van der Waals surface area contributed by atoms with E-state index in [9.17, 15) is 4.79 Å². The number of rotatable bonds is 5. The van der Waals surface area contributed by atoms with Gasteiger partial charge in [0.15, 0.2) is 11.6 Å². The fourth-order valence-electron chi connectivity index (χ4n) is 2.03. The van der Waals surface area contributed by atoms with Gasteiger partial charge in [-0.3, -0.25) is 4.79 Å². The molecular weight excluding hydrogens is 306 g/mol. The Morgan fingerprint density at radius 2 is 2.00 bits per heavy atom. The van der Waals surface area contributed by atoms with E-state index in [2.05, 4.69) is 26.5 Å². The molecule has 2 aromatic rings. The lowest BCUT2D eigenvalue weighted by Gasteiger charge is -2.10. The summed E-state index contributed by atoms with van der Waals surface area (Å²) in [6.07, 6.45) is 0. The Kier molecular flexibility index (Phi) is 4.62.